The summed E-state index contributed by atoms with van der Waals surface area (Å²) >= 11 is 0. The molecule has 4 heterocycles. The molecule has 2 aliphatic heterocycles. The summed E-state index contributed by atoms with van der Waals surface area (Å²) in [4.78, 5) is 62.6. The third-order valence-corrected chi connectivity index (χ3v) is 14.6. The van der Waals surface area contributed by atoms with Gasteiger partial charge in [-0.1, -0.05) is 55.3 Å². The maximum absolute atomic E-state index is 14.8. The van der Waals surface area contributed by atoms with E-state index in [0.717, 1.165) is 44.2 Å². The van der Waals surface area contributed by atoms with Gasteiger partial charge in [0.05, 0.1) is 28.6 Å². The van der Waals surface area contributed by atoms with Crippen molar-refractivity contribution in [2.75, 3.05) is 6.54 Å². The van der Waals surface area contributed by atoms with Crippen molar-refractivity contribution < 1.29 is 50.2 Å². The molecule has 5 aliphatic rings. The molecule has 19 heteroatoms. The number of carbonyl (C=O) groups is 4. The van der Waals surface area contributed by atoms with E-state index < -0.39 is 80.5 Å². The highest BCUT2D eigenvalue weighted by atomic mass is 32.2. The molecule has 63 heavy (non-hydrogen) atoms. The van der Waals surface area contributed by atoms with Gasteiger partial charge in [-0.05, 0) is 82.4 Å². The van der Waals surface area contributed by atoms with E-state index in [4.69, 9.17) is 14.5 Å². The van der Waals surface area contributed by atoms with Crippen LogP contribution in [-0.4, -0.2) is 93.4 Å². The lowest BCUT2D eigenvalue weighted by atomic mass is 10.0. The Kier molecular flexibility index (Phi) is 11.3. The number of nitrogens with one attached hydrogen (secondary N) is 3. The second kappa shape index (κ2) is 16.8. The lowest BCUT2D eigenvalue weighted by Gasteiger charge is -2.30. The van der Waals surface area contributed by atoms with Gasteiger partial charge >= 0.3 is 12.3 Å². The van der Waals surface area contributed by atoms with E-state index in [0.29, 0.717) is 48.7 Å². The second-order valence-electron chi connectivity index (χ2n) is 17.3. The van der Waals surface area contributed by atoms with Crippen LogP contribution in [0.3, 0.4) is 0 Å². The fourth-order valence-electron chi connectivity index (χ4n) is 9.03. The molecule has 4 fully saturated rings. The number of amides is 4. The van der Waals surface area contributed by atoms with Crippen LogP contribution >= 0.6 is 0 Å². The maximum Gasteiger partial charge on any atom is 0.416 e. The Morgan fingerprint density at radius 1 is 0.921 bits per heavy atom. The monoisotopic (exact) mass is 891 g/mol. The average Bonchev–Trinajstić information content (AvgIpc) is 4.06. The molecule has 0 spiro atoms. The number of hydrogen-bond acceptors (Lipinski definition) is 10. The summed E-state index contributed by atoms with van der Waals surface area (Å²) in [5.74, 6) is -2.58. The Bertz CT molecular complexity index is 2580. The van der Waals surface area contributed by atoms with Crippen LogP contribution in [0, 0.1) is 5.92 Å². The van der Waals surface area contributed by atoms with E-state index in [1.54, 1.807) is 18.2 Å². The van der Waals surface area contributed by atoms with Crippen LogP contribution in [0.1, 0.15) is 89.0 Å². The number of halogens is 3. The van der Waals surface area contributed by atoms with E-state index >= 15 is 0 Å². The number of rotatable bonds is 8. The minimum absolute atomic E-state index is 0.0137. The van der Waals surface area contributed by atoms with Gasteiger partial charge in [0, 0.05) is 29.4 Å². The van der Waals surface area contributed by atoms with Crippen LogP contribution in [0.5, 0.6) is 5.88 Å². The largest absolute Gasteiger partial charge is 0.472 e. The fourth-order valence-corrected chi connectivity index (χ4v) is 10.4. The van der Waals surface area contributed by atoms with Crippen LogP contribution in [-0.2, 0) is 35.3 Å². The van der Waals surface area contributed by atoms with Gasteiger partial charge in [0.25, 0.3) is 5.91 Å². The topological polar surface area (TPSA) is 190 Å². The first kappa shape index (κ1) is 42.6. The van der Waals surface area contributed by atoms with Gasteiger partial charge in [-0.3, -0.25) is 19.1 Å². The Hall–Kier alpha value is -5.72. The summed E-state index contributed by atoms with van der Waals surface area (Å²) in [5, 5.41) is 9.74. The highest BCUT2D eigenvalue weighted by molar-refractivity contribution is 7.91. The highest BCUT2D eigenvalue weighted by Crippen LogP contribution is 2.46. The number of sulfonamides is 1. The quantitative estimate of drug-likeness (QED) is 0.178. The number of aromatic nitrogens is 3. The van der Waals surface area contributed by atoms with Crippen molar-refractivity contribution in [1.29, 1.82) is 0 Å². The van der Waals surface area contributed by atoms with E-state index in [1.807, 2.05) is 30.4 Å². The zero-order chi connectivity index (χ0) is 44.1. The van der Waals surface area contributed by atoms with Crippen molar-refractivity contribution in [2.45, 2.75) is 125 Å². The van der Waals surface area contributed by atoms with Crippen molar-refractivity contribution in [3.05, 3.63) is 72.3 Å². The minimum atomic E-state index is -4.63. The molecule has 3 N–H and O–H groups in total. The third kappa shape index (κ3) is 8.93. The number of benzene rings is 2. The van der Waals surface area contributed by atoms with Crippen molar-refractivity contribution in [1.82, 2.24) is 34.9 Å². The number of allylic oxidation sites excluding steroid dienone is 1. The molecule has 0 bridgehead atoms. The zero-order valence-electron chi connectivity index (χ0n) is 34.3. The van der Waals surface area contributed by atoms with E-state index in [9.17, 15) is 40.8 Å². The molecule has 4 aromatic rings. The minimum Gasteiger partial charge on any atom is -0.472 e. The predicted molar refractivity (Wildman–Crippen MR) is 222 cm³/mol. The molecule has 3 saturated carbocycles. The van der Waals surface area contributed by atoms with Gasteiger partial charge in [-0.25, -0.2) is 18.2 Å². The molecular weight excluding hydrogens is 844 g/mol. The van der Waals surface area contributed by atoms with Crippen LogP contribution in [0.15, 0.2) is 66.7 Å². The van der Waals surface area contributed by atoms with Crippen molar-refractivity contribution in [3.8, 4) is 17.1 Å². The van der Waals surface area contributed by atoms with E-state index in [1.165, 1.54) is 15.5 Å². The Morgan fingerprint density at radius 2 is 1.68 bits per heavy atom. The summed E-state index contributed by atoms with van der Waals surface area (Å²) in [5.41, 5.74) is -1.16. The number of hydrogen-bond donors (Lipinski definition) is 3. The summed E-state index contributed by atoms with van der Waals surface area (Å²) in [7, 11) is -3.97. The van der Waals surface area contributed by atoms with Gasteiger partial charge in [-0.15, -0.1) is 0 Å². The lowest BCUT2D eigenvalue weighted by molar-refractivity contribution is -0.141. The molecule has 0 radical (unpaired) electrons. The van der Waals surface area contributed by atoms with Gasteiger partial charge in [0.2, 0.25) is 27.7 Å². The van der Waals surface area contributed by atoms with Crippen molar-refractivity contribution in [2.24, 2.45) is 5.92 Å². The van der Waals surface area contributed by atoms with E-state index in [-0.39, 0.29) is 49.0 Å². The van der Waals surface area contributed by atoms with Crippen LogP contribution in [0.2, 0.25) is 0 Å². The molecule has 334 valence electrons. The summed E-state index contributed by atoms with van der Waals surface area (Å²) in [6.45, 7) is -0.172. The molecule has 3 aliphatic carbocycles. The van der Waals surface area contributed by atoms with Gasteiger partial charge in [-0.2, -0.15) is 22.8 Å². The molecule has 15 nitrogen and oxygen atoms in total. The van der Waals surface area contributed by atoms with Crippen molar-refractivity contribution >= 4 is 50.4 Å². The normalized spacial score (nSPS) is 26.6. The number of ether oxygens (including phenoxy) is 2. The molecule has 5 atom stereocenters. The van der Waals surface area contributed by atoms with Crippen LogP contribution < -0.4 is 20.1 Å². The lowest BCUT2D eigenvalue weighted by Crippen LogP contribution is -2.58. The summed E-state index contributed by atoms with van der Waals surface area (Å²) < 4.78 is 83.1. The molecular formula is C44H48F3N7O8S. The molecule has 4 amide bonds. The molecule has 2 aromatic carbocycles. The first-order valence-electron chi connectivity index (χ1n) is 21.6. The smallest absolute Gasteiger partial charge is 0.416 e. The van der Waals surface area contributed by atoms with Crippen LogP contribution in [0.25, 0.3) is 27.8 Å². The number of fused-ring (bicyclic) bond motifs is 5. The summed E-state index contributed by atoms with van der Waals surface area (Å²) in [6.07, 6.45) is 4.24. The summed E-state index contributed by atoms with van der Waals surface area (Å²) in [6, 6.07) is 11.5. The molecule has 9 rings (SSSR count). The Labute approximate surface area is 361 Å². The average molecular weight is 892 g/mol. The Morgan fingerprint density at radius 3 is 2.43 bits per heavy atom. The first-order valence-corrected chi connectivity index (χ1v) is 23.2. The second-order valence-corrected chi connectivity index (χ2v) is 19.3. The molecule has 0 unspecified atom stereocenters. The Balaban J connectivity index is 1.07. The zero-order valence-corrected chi connectivity index (χ0v) is 35.1. The number of alkyl halides is 3. The molecule has 2 aromatic heterocycles. The number of nitrogens with zero attached hydrogens (tertiary/aromatic N) is 4. The van der Waals surface area contributed by atoms with Gasteiger partial charge < -0.3 is 25.0 Å². The van der Waals surface area contributed by atoms with E-state index in [2.05, 4.69) is 20.5 Å². The van der Waals surface area contributed by atoms with Crippen molar-refractivity contribution in [3.63, 3.8) is 0 Å². The third-order valence-electron chi connectivity index (χ3n) is 12.7. The number of carbonyl (C=O) groups excluding carboxylic acids is 4. The fraction of sp³-hybridized carbons (Fsp3) is 0.500. The maximum atomic E-state index is 14.8. The van der Waals surface area contributed by atoms with Crippen LogP contribution in [0.4, 0.5) is 18.0 Å². The standard InChI is InChI=1S/C44H48F3N7O8S/c45-44(46,47)27-17-20-32-35(21-27)51-54-37(23-34(48-38(32)54)26-11-5-4-6-12-26)61-30-22-36-39(55)50-43(41(57)52-63(59,60)31-18-19-31)24-28(43)13-7-2-1-3-8-16-33(40(56)53(36)25-30)49-42(58)62-29-14-9-10-15-29/h4-7,11-13,17,20-21,23,28-31,33,36H,1-3,8-10,14-16,18-19,22,24-25H2,(H,49,58)(H,50,55)(H,52,57)/b13-7-/t28-,30-,33+,36+,43-/m1/s1. The predicted octanol–water partition coefficient (Wildman–Crippen LogP) is 5.96. The first-order chi connectivity index (χ1) is 30.2. The SMILES string of the molecule is O=C(N[C@H]1CCCCC/C=C\[C@@H]2C[C@@]2(C(=O)NS(=O)(=O)C2CC2)NC(=O)[C@@H]2C[C@@H](Oc3cc(-c4ccccc4)nc4c5ccc(C(F)(F)F)cc5nn34)CN2C1=O)OC1CCCC1. The molecule has 1 saturated heterocycles. The highest BCUT2D eigenvalue weighted by Gasteiger charge is 2.62. The van der Waals surface area contributed by atoms with Gasteiger partial charge in [0.1, 0.15) is 29.8 Å². The number of alkyl carbamates (subject to hydrolysis) is 1. The van der Waals surface area contributed by atoms with Gasteiger partial charge in [0.15, 0.2) is 5.65 Å².